The van der Waals surface area contributed by atoms with Crippen LogP contribution < -0.4 is 4.90 Å². The molecule has 0 radical (unpaired) electrons. The minimum atomic E-state index is -0.721. The molecule has 9 heteroatoms. The standard InChI is InChI=1S/C14H14N4O5/c1-2-23-14(20)17-11-6-9(16-5-3-4-13(16)19)7-12(18(21)22)10(11)8-15-17/h6-8H,2-5H2,1H3. The topological polar surface area (TPSA) is 108 Å². The van der Waals surface area contributed by atoms with Crippen molar-refractivity contribution >= 4 is 34.3 Å². The molecule has 1 fully saturated rings. The third-order valence-electron chi connectivity index (χ3n) is 3.67. The highest BCUT2D eigenvalue weighted by Gasteiger charge is 2.27. The summed E-state index contributed by atoms with van der Waals surface area (Å²) in [6.07, 6.45) is 1.63. The van der Waals surface area contributed by atoms with Gasteiger partial charge in [-0.3, -0.25) is 14.9 Å². The Morgan fingerprint density at radius 3 is 2.87 bits per heavy atom. The summed E-state index contributed by atoms with van der Waals surface area (Å²) in [5.41, 5.74) is 0.429. The van der Waals surface area contributed by atoms with Crippen LogP contribution in [-0.4, -0.2) is 39.9 Å². The maximum Gasteiger partial charge on any atom is 0.435 e. The van der Waals surface area contributed by atoms with E-state index >= 15 is 0 Å². The number of aromatic nitrogens is 2. The molecule has 0 N–H and O–H groups in total. The van der Waals surface area contributed by atoms with Gasteiger partial charge in [-0.1, -0.05) is 0 Å². The lowest BCUT2D eigenvalue weighted by atomic mass is 10.2. The Kier molecular flexibility index (Phi) is 3.68. The van der Waals surface area contributed by atoms with Gasteiger partial charge in [0, 0.05) is 19.0 Å². The second kappa shape index (κ2) is 5.67. The first-order valence-corrected chi connectivity index (χ1v) is 7.16. The Labute approximate surface area is 130 Å². The van der Waals surface area contributed by atoms with E-state index < -0.39 is 11.0 Å². The van der Waals surface area contributed by atoms with E-state index in [4.69, 9.17) is 4.74 Å². The number of rotatable bonds is 3. The summed E-state index contributed by atoms with van der Waals surface area (Å²) in [5.74, 6) is -0.0964. The number of nitrogens with zero attached hydrogens (tertiary/aromatic N) is 4. The lowest BCUT2D eigenvalue weighted by Gasteiger charge is -2.15. The maximum absolute atomic E-state index is 11.9. The largest absolute Gasteiger partial charge is 0.448 e. The minimum Gasteiger partial charge on any atom is -0.448 e. The van der Waals surface area contributed by atoms with Gasteiger partial charge in [0.2, 0.25) is 5.91 Å². The van der Waals surface area contributed by atoms with Crippen molar-refractivity contribution in [3.8, 4) is 0 Å². The van der Waals surface area contributed by atoms with Crippen LogP contribution in [-0.2, 0) is 9.53 Å². The number of nitro benzene ring substituents is 1. The highest BCUT2D eigenvalue weighted by atomic mass is 16.6. The number of hydrogen-bond donors (Lipinski definition) is 0. The van der Waals surface area contributed by atoms with Gasteiger partial charge in [-0.2, -0.15) is 9.78 Å². The van der Waals surface area contributed by atoms with E-state index in [2.05, 4.69) is 5.10 Å². The van der Waals surface area contributed by atoms with Crippen molar-refractivity contribution in [2.75, 3.05) is 18.1 Å². The van der Waals surface area contributed by atoms with Gasteiger partial charge < -0.3 is 9.64 Å². The molecule has 23 heavy (non-hydrogen) atoms. The van der Waals surface area contributed by atoms with Gasteiger partial charge >= 0.3 is 6.09 Å². The van der Waals surface area contributed by atoms with Crippen LogP contribution >= 0.6 is 0 Å². The van der Waals surface area contributed by atoms with Crippen molar-refractivity contribution in [3.63, 3.8) is 0 Å². The summed E-state index contributed by atoms with van der Waals surface area (Å²) in [4.78, 5) is 36.1. The smallest absolute Gasteiger partial charge is 0.435 e. The van der Waals surface area contributed by atoms with Crippen LogP contribution in [0.2, 0.25) is 0 Å². The van der Waals surface area contributed by atoms with Crippen LogP contribution in [0.3, 0.4) is 0 Å². The number of ether oxygens (including phenoxy) is 1. The molecule has 0 aliphatic carbocycles. The number of amides is 1. The number of benzene rings is 1. The van der Waals surface area contributed by atoms with Crippen LogP contribution in [0.1, 0.15) is 19.8 Å². The number of carbonyl (C=O) groups is 2. The molecule has 1 aromatic heterocycles. The van der Waals surface area contributed by atoms with Crippen molar-refractivity contribution in [3.05, 3.63) is 28.4 Å². The second-order valence-corrected chi connectivity index (χ2v) is 5.06. The van der Waals surface area contributed by atoms with Gasteiger partial charge in [0.15, 0.2) is 0 Å². The van der Waals surface area contributed by atoms with E-state index in [1.165, 1.54) is 17.2 Å². The van der Waals surface area contributed by atoms with Crippen LogP contribution in [0, 0.1) is 10.1 Å². The zero-order valence-electron chi connectivity index (χ0n) is 12.4. The summed E-state index contributed by atoms with van der Waals surface area (Å²) < 4.78 is 5.86. The Morgan fingerprint density at radius 1 is 1.48 bits per heavy atom. The fourth-order valence-electron chi connectivity index (χ4n) is 2.65. The molecule has 1 aliphatic rings. The van der Waals surface area contributed by atoms with E-state index in [-0.39, 0.29) is 29.1 Å². The van der Waals surface area contributed by atoms with Crippen molar-refractivity contribution in [2.24, 2.45) is 0 Å². The lowest BCUT2D eigenvalue weighted by Crippen LogP contribution is -2.24. The summed E-state index contributed by atoms with van der Waals surface area (Å²) in [7, 11) is 0. The molecule has 1 saturated heterocycles. The summed E-state index contributed by atoms with van der Waals surface area (Å²) >= 11 is 0. The van der Waals surface area contributed by atoms with Crippen LogP contribution in [0.4, 0.5) is 16.2 Å². The molecule has 1 aliphatic heterocycles. The second-order valence-electron chi connectivity index (χ2n) is 5.06. The third kappa shape index (κ3) is 2.50. The first-order chi connectivity index (χ1) is 11.0. The first kappa shape index (κ1) is 14.9. The number of carbonyl (C=O) groups excluding carboxylic acids is 2. The molecule has 0 bridgehead atoms. The van der Waals surface area contributed by atoms with E-state index in [0.717, 1.165) is 4.68 Å². The number of non-ortho nitro benzene ring substituents is 1. The fourth-order valence-corrected chi connectivity index (χ4v) is 2.65. The average molecular weight is 318 g/mol. The van der Waals surface area contributed by atoms with Crippen molar-refractivity contribution in [1.82, 2.24) is 9.78 Å². The number of anilines is 1. The van der Waals surface area contributed by atoms with E-state index in [9.17, 15) is 19.7 Å². The van der Waals surface area contributed by atoms with E-state index in [1.54, 1.807) is 13.0 Å². The molecular formula is C14H14N4O5. The predicted octanol–water partition coefficient (Wildman–Crippen LogP) is 2.08. The summed E-state index contributed by atoms with van der Waals surface area (Å²) in [6.45, 7) is 2.31. The molecule has 3 rings (SSSR count). The highest BCUT2D eigenvalue weighted by Crippen LogP contribution is 2.33. The molecule has 0 unspecified atom stereocenters. The quantitative estimate of drug-likeness (QED) is 0.633. The maximum atomic E-state index is 11.9. The number of fused-ring (bicyclic) bond motifs is 1. The third-order valence-corrected chi connectivity index (χ3v) is 3.67. The molecule has 1 aromatic carbocycles. The number of nitro groups is 1. The molecule has 1 amide bonds. The molecular weight excluding hydrogens is 304 g/mol. The molecule has 2 heterocycles. The summed E-state index contributed by atoms with van der Waals surface area (Å²) in [6, 6.07) is 2.89. The van der Waals surface area contributed by atoms with Gasteiger partial charge in [-0.25, -0.2) is 4.79 Å². The normalized spacial score (nSPS) is 14.5. The van der Waals surface area contributed by atoms with Crippen molar-refractivity contribution in [1.29, 1.82) is 0 Å². The molecule has 0 atom stereocenters. The zero-order chi connectivity index (χ0) is 16.6. The Bertz CT molecular complexity index is 813. The Morgan fingerprint density at radius 2 is 2.26 bits per heavy atom. The monoisotopic (exact) mass is 318 g/mol. The molecule has 2 aromatic rings. The van der Waals surface area contributed by atoms with Crippen LogP contribution in [0.15, 0.2) is 18.3 Å². The predicted molar refractivity (Wildman–Crippen MR) is 80.4 cm³/mol. The van der Waals surface area contributed by atoms with Crippen LogP contribution in [0.5, 0.6) is 0 Å². The zero-order valence-corrected chi connectivity index (χ0v) is 12.4. The first-order valence-electron chi connectivity index (χ1n) is 7.16. The van der Waals surface area contributed by atoms with Crippen molar-refractivity contribution in [2.45, 2.75) is 19.8 Å². The molecule has 120 valence electrons. The lowest BCUT2D eigenvalue weighted by molar-refractivity contribution is -0.383. The summed E-state index contributed by atoms with van der Waals surface area (Å²) in [5, 5.41) is 15.4. The number of hydrogen-bond acceptors (Lipinski definition) is 6. The van der Waals surface area contributed by atoms with E-state index in [0.29, 0.717) is 25.1 Å². The molecule has 9 nitrogen and oxygen atoms in total. The van der Waals surface area contributed by atoms with E-state index in [1.807, 2.05) is 0 Å². The van der Waals surface area contributed by atoms with Gasteiger partial charge in [-0.05, 0) is 19.4 Å². The Hall–Kier alpha value is -2.97. The van der Waals surface area contributed by atoms with Gasteiger partial charge in [0.1, 0.15) is 0 Å². The van der Waals surface area contributed by atoms with Gasteiger partial charge in [0.25, 0.3) is 5.69 Å². The van der Waals surface area contributed by atoms with Crippen molar-refractivity contribution < 1.29 is 19.2 Å². The fraction of sp³-hybridized carbons (Fsp3) is 0.357. The average Bonchev–Trinajstić information content (AvgIpc) is 3.12. The van der Waals surface area contributed by atoms with Gasteiger partial charge in [-0.15, -0.1) is 0 Å². The highest BCUT2D eigenvalue weighted by molar-refractivity contribution is 6.01. The SMILES string of the molecule is CCOC(=O)n1ncc2c([N+](=O)[O-])cc(N3CCCC3=O)cc21. The molecule has 0 spiro atoms. The minimum absolute atomic E-state index is 0.0964. The van der Waals surface area contributed by atoms with Crippen LogP contribution in [0.25, 0.3) is 10.9 Å². The Balaban J connectivity index is 2.19. The molecule has 0 saturated carbocycles. The van der Waals surface area contributed by atoms with Gasteiger partial charge in [0.05, 0.1) is 34.3 Å².